The van der Waals surface area contributed by atoms with E-state index < -0.39 is 17.9 Å². The molecule has 6 nitrogen and oxygen atoms in total. The fourth-order valence-corrected chi connectivity index (χ4v) is 2.63. The van der Waals surface area contributed by atoms with Gasteiger partial charge in [0.1, 0.15) is 5.76 Å². The Bertz CT molecular complexity index is 739. The fraction of sp³-hybridized carbons (Fsp3) is 0.312. The van der Waals surface area contributed by atoms with Crippen LogP contribution in [0.15, 0.2) is 34.9 Å². The zero-order chi connectivity index (χ0) is 16.4. The molecule has 0 radical (unpaired) electrons. The molecule has 23 heavy (non-hydrogen) atoms. The Morgan fingerprint density at radius 2 is 2.13 bits per heavy atom. The van der Waals surface area contributed by atoms with E-state index in [0.29, 0.717) is 22.3 Å². The van der Waals surface area contributed by atoms with Crippen molar-refractivity contribution in [3.05, 3.63) is 52.4 Å². The van der Waals surface area contributed by atoms with Gasteiger partial charge < -0.3 is 14.9 Å². The van der Waals surface area contributed by atoms with Crippen LogP contribution in [0.1, 0.15) is 53.0 Å². The highest BCUT2D eigenvalue weighted by molar-refractivity contribution is 6.31. The number of aromatic nitrogens is 1. The zero-order valence-corrected chi connectivity index (χ0v) is 12.9. The number of hydrogen-bond acceptors (Lipinski definition) is 4. The van der Waals surface area contributed by atoms with Gasteiger partial charge in [0.15, 0.2) is 5.69 Å². The number of benzene rings is 1. The van der Waals surface area contributed by atoms with Gasteiger partial charge >= 0.3 is 5.97 Å². The summed E-state index contributed by atoms with van der Waals surface area (Å²) >= 11 is 6.11. The van der Waals surface area contributed by atoms with Gasteiger partial charge in [-0.3, -0.25) is 9.59 Å². The minimum atomic E-state index is -1.03. The lowest BCUT2D eigenvalue weighted by molar-refractivity contribution is -0.137. The molecular weight excluding hydrogens is 320 g/mol. The predicted molar refractivity (Wildman–Crippen MR) is 82.4 cm³/mol. The first-order valence-electron chi connectivity index (χ1n) is 7.28. The number of carboxylic acid groups (broad SMARTS) is 1. The average Bonchev–Trinajstić information content (AvgIpc) is 3.24. The van der Waals surface area contributed by atoms with Crippen molar-refractivity contribution in [1.29, 1.82) is 0 Å². The molecule has 1 aliphatic rings. The van der Waals surface area contributed by atoms with E-state index in [1.165, 1.54) is 0 Å². The van der Waals surface area contributed by atoms with E-state index in [1.54, 1.807) is 30.3 Å². The first-order chi connectivity index (χ1) is 11.0. The minimum absolute atomic E-state index is 0.148. The van der Waals surface area contributed by atoms with Crippen molar-refractivity contribution >= 4 is 23.5 Å². The number of amides is 1. The number of rotatable bonds is 6. The van der Waals surface area contributed by atoms with Crippen LogP contribution < -0.4 is 5.32 Å². The van der Waals surface area contributed by atoms with E-state index in [2.05, 4.69) is 10.5 Å². The Morgan fingerprint density at radius 1 is 1.39 bits per heavy atom. The highest BCUT2D eigenvalue weighted by Crippen LogP contribution is 2.40. The summed E-state index contributed by atoms with van der Waals surface area (Å²) in [4.78, 5) is 23.4. The summed E-state index contributed by atoms with van der Waals surface area (Å²) in [7, 11) is 0. The summed E-state index contributed by atoms with van der Waals surface area (Å²) in [6, 6.07) is 7.69. The second-order valence-electron chi connectivity index (χ2n) is 5.53. The number of halogens is 1. The third-order valence-electron chi connectivity index (χ3n) is 3.71. The van der Waals surface area contributed by atoms with Gasteiger partial charge in [-0.1, -0.05) is 35.0 Å². The quantitative estimate of drug-likeness (QED) is 0.846. The zero-order valence-electron chi connectivity index (χ0n) is 12.2. The molecule has 120 valence electrons. The van der Waals surface area contributed by atoms with Crippen LogP contribution in [0.4, 0.5) is 0 Å². The first kappa shape index (κ1) is 15.6. The second-order valence-corrected chi connectivity index (χ2v) is 5.94. The minimum Gasteiger partial charge on any atom is -0.481 e. The topological polar surface area (TPSA) is 92.4 Å². The van der Waals surface area contributed by atoms with Crippen LogP contribution in [0.2, 0.25) is 5.02 Å². The number of carboxylic acids is 1. The maximum absolute atomic E-state index is 12.3. The van der Waals surface area contributed by atoms with Gasteiger partial charge in [0, 0.05) is 17.0 Å². The molecule has 2 N–H and O–H groups in total. The van der Waals surface area contributed by atoms with Gasteiger partial charge in [0.05, 0.1) is 12.5 Å². The molecule has 1 heterocycles. The lowest BCUT2D eigenvalue weighted by Gasteiger charge is -2.17. The van der Waals surface area contributed by atoms with E-state index >= 15 is 0 Å². The largest absolute Gasteiger partial charge is 0.481 e. The molecule has 1 atom stereocenters. The smallest absolute Gasteiger partial charge is 0.305 e. The van der Waals surface area contributed by atoms with Crippen molar-refractivity contribution < 1.29 is 19.2 Å². The normalized spacial score (nSPS) is 15.2. The molecule has 0 spiro atoms. The van der Waals surface area contributed by atoms with Crippen LogP contribution >= 0.6 is 11.6 Å². The highest BCUT2D eigenvalue weighted by Gasteiger charge is 2.29. The van der Waals surface area contributed by atoms with Crippen molar-refractivity contribution in [3.63, 3.8) is 0 Å². The number of hydrogen-bond donors (Lipinski definition) is 2. The summed E-state index contributed by atoms with van der Waals surface area (Å²) in [5.41, 5.74) is 0.699. The molecular formula is C16H15ClN2O4. The molecule has 0 aliphatic heterocycles. The van der Waals surface area contributed by atoms with Crippen molar-refractivity contribution in [2.24, 2.45) is 0 Å². The molecule has 1 fully saturated rings. The van der Waals surface area contributed by atoms with Gasteiger partial charge in [0.2, 0.25) is 0 Å². The summed E-state index contributed by atoms with van der Waals surface area (Å²) in [5.74, 6) is -0.467. The highest BCUT2D eigenvalue weighted by atomic mass is 35.5. The lowest BCUT2D eigenvalue weighted by atomic mass is 10.0. The summed E-state index contributed by atoms with van der Waals surface area (Å²) < 4.78 is 5.15. The van der Waals surface area contributed by atoms with Gasteiger partial charge in [-0.05, 0) is 24.5 Å². The Kier molecular flexibility index (Phi) is 4.34. The third kappa shape index (κ3) is 3.71. The molecule has 1 aromatic carbocycles. The van der Waals surface area contributed by atoms with Crippen molar-refractivity contribution in [3.8, 4) is 0 Å². The Hall–Kier alpha value is -2.34. The average molecular weight is 335 g/mol. The molecule has 1 amide bonds. The summed E-state index contributed by atoms with van der Waals surface area (Å²) in [5, 5.41) is 15.9. The predicted octanol–water partition coefficient (Wildman–Crippen LogP) is 3.15. The molecule has 3 rings (SSSR count). The Labute approximate surface area is 137 Å². The van der Waals surface area contributed by atoms with Gasteiger partial charge in [0.25, 0.3) is 5.91 Å². The van der Waals surface area contributed by atoms with Crippen molar-refractivity contribution in [2.75, 3.05) is 0 Å². The Balaban J connectivity index is 1.78. The summed E-state index contributed by atoms with van der Waals surface area (Å²) in [6.07, 6.45) is 1.80. The van der Waals surface area contributed by atoms with Crippen LogP contribution in [0, 0.1) is 0 Å². The monoisotopic (exact) mass is 334 g/mol. The van der Waals surface area contributed by atoms with E-state index in [0.717, 1.165) is 12.8 Å². The number of carbonyl (C=O) groups is 2. The number of nitrogens with zero attached hydrogens (tertiary/aromatic N) is 1. The Morgan fingerprint density at radius 3 is 2.78 bits per heavy atom. The van der Waals surface area contributed by atoms with E-state index in [4.69, 9.17) is 21.2 Å². The fourth-order valence-electron chi connectivity index (χ4n) is 2.36. The molecule has 1 saturated carbocycles. The van der Waals surface area contributed by atoms with Crippen LogP contribution in [-0.4, -0.2) is 22.1 Å². The molecule has 0 unspecified atom stereocenters. The van der Waals surface area contributed by atoms with Crippen LogP contribution in [0.5, 0.6) is 0 Å². The summed E-state index contributed by atoms with van der Waals surface area (Å²) in [6.45, 7) is 0. The number of nitrogens with one attached hydrogen (secondary N) is 1. The van der Waals surface area contributed by atoms with Gasteiger partial charge in [-0.15, -0.1) is 0 Å². The van der Waals surface area contributed by atoms with Crippen molar-refractivity contribution in [2.45, 2.75) is 31.2 Å². The maximum Gasteiger partial charge on any atom is 0.305 e. The SMILES string of the molecule is O=C(O)C[C@H](NC(=O)c1cc(C2CC2)on1)c1ccccc1Cl. The molecule has 0 saturated heterocycles. The number of carbonyl (C=O) groups excluding carboxylic acids is 1. The number of aliphatic carboxylic acids is 1. The lowest BCUT2D eigenvalue weighted by Crippen LogP contribution is -2.30. The van der Waals surface area contributed by atoms with Crippen LogP contribution in [-0.2, 0) is 4.79 Å². The van der Waals surface area contributed by atoms with E-state index in [9.17, 15) is 9.59 Å². The maximum atomic E-state index is 12.3. The van der Waals surface area contributed by atoms with Gasteiger partial charge in [-0.2, -0.15) is 0 Å². The molecule has 2 aromatic rings. The van der Waals surface area contributed by atoms with E-state index in [-0.39, 0.29) is 12.1 Å². The van der Waals surface area contributed by atoms with Crippen LogP contribution in [0.3, 0.4) is 0 Å². The van der Waals surface area contributed by atoms with Crippen molar-refractivity contribution in [1.82, 2.24) is 10.5 Å². The third-order valence-corrected chi connectivity index (χ3v) is 4.05. The molecule has 0 bridgehead atoms. The first-order valence-corrected chi connectivity index (χ1v) is 7.66. The molecule has 1 aliphatic carbocycles. The molecule has 1 aromatic heterocycles. The van der Waals surface area contributed by atoms with E-state index in [1.807, 2.05) is 0 Å². The second kappa shape index (κ2) is 6.42. The van der Waals surface area contributed by atoms with Gasteiger partial charge in [-0.25, -0.2) is 0 Å². The standard InChI is InChI=1S/C16H15ClN2O4/c17-11-4-2-1-3-10(11)12(8-15(20)21)18-16(22)13-7-14(23-19-13)9-5-6-9/h1-4,7,9,12H,5-6,8H2,(H,18,22)(H,20,21)/t12-/m0/s1. The molecule has 7 heteroatoms. The van der Waals surface area contributed by atoms with Crippen LogP contribution in [0.25, 0.3) is 0 Å².